The maximum atomic E-state index is 12.7. The number of ketones is 1. The minimum atomic E-state index is -0.449. The number of rotatable bonds is 7. The molecular weight excluding hydrogens is 224 g/mol. The van der Waals surface area contributed by atoms with Crippen LogP contribution in [0.3, 0.4) is 0 Å². The number of hydrogen-bond acceptors (Lipinski definition) is 2. The third-order valence-electron chi connectivity index (χ3n) is 4.51. The van der Waals surface area contributed by atoms with Gasteiger partial charge in [-0.15, -0.1) is 0 Å². The van der Waals surface area contributed by atoms with Crippen LogP contribution in [-0.4, -0.2) is 18.0 Å². The van der Waals surface area contributed by atoms with Crippen molar-refractivity contribution >= 4 is 5.78 Å². The fraction of sp³-hybridized carbons (Fsp3) is 0.938. The van der Waals surface area contributed by atoms with E-state index in [9.17, 15) is 4.79 Å². The smallest absolute Gasteiger partial charge is 0.164 e. The monoisotopic (exact) mass is 254 g/mol. The van der Waals surface area contributed by atoms with Gasteiger partial charge in [-0.2, -0.15) is 0 Å². The first-order valence-electron chi connectivity index (χ1n) is 7.75. The van der Waals surface area contributed by atoms with E-state index in [-0.39, 0.29) is 0 Å². The molecule has 2 heteroatoms. The van der Waals surface area contributed by atoms with E-state index in [1.54, 1.807) is 0 Å². The van der Waals surface area contributed by atoms with Crippen molar-refractivity contribution in [2.45, 2.75) is 78.2 Å². The summed E-state index contributed by atoms with van der Waals surface area (Å²) in [6.45, 7) is 9.26. The van der Waals surface area contributed by atoms with Crippen LogP contribution in [-0.2, 0) is 9.53 Å². The van der Waals surface area contributed by atoms with Crippen LogP contribution in [0.4, 0.5) is 0 Å². The molecule has 0 bridgehead atoms. The summed E-state index contributed by atoms with van der Waals surface area (Å²) in [5, 5.41) is 0. The molecule has 1 saturated carbocycles. The van der Waals surface area contributed by atoms with Gasteiger partial charge in [0, 0.05) is 13.0 Å². The van der Waals surface area contributed by atoms with E-state index in [1.807, 2.05) is 6.92 Å². The second-order valence-corrected chi connectivity index (χ2v) is 5.94. The quantitative estimate of drug-likeness (QED) is 0.674. The van der Waals surface area contributed by atoms with Crippen molar-refractivity contribution in [1.29, 1.82) is 0 Å². The van der Waals surface area contributed by atoms with Crippen molar-refractivity contribution in [3.8, 4) is 0 Å². The summed E-state index contributed by atoms with van der Waals surface area (Å²) in [5.74, 6) is 1.52. The van der Waals surface area contributed by atoms with Crippen LogP contribution in [0.5, 0.6) is 0 Å². The molecule has 0 N–H and O–H groups in total. The molecule has 0 aliphatic heterocycles. The summed E-state index contributed by atoms with van der Waals surface area (Å²) in [6, 6.07) is 0. The van der Waals surface area contributed by atoms with Crippen molar-refractivity contribution in [2.75, 3.05) is 6.61 Å². The van der Waals surface area contributed by atoms with Gasteiger partial charge in [0.1, 0.15) is 5.60 Å². The standard InChI is InChI=1S/C16H30O2/c1-5-14(6-2)11-15(17)16(18-7-3)10-8-9-13(4)12-16/h13-14H,5-12H2,1-4H3. The highest BCUT2D eigenvalue weighted by Gasteiger charge is 2.42. The summed E-state index contributed by atoms with van der Waals surface area (Å²) in [6.07, 6.45) is 7.15. The third-order valence-corrected chi connectivity index (χ3v) is 4.51. The van der Waals surface area contributed by atoms with Gasteiger partial charge in [-0.1, -0.05) is 40.0 Å². The Bertz CT molecular complexity index is 254. The molecule has 0 aromatic carbocycles. The van der Waals surface area contributed by atoms with Crippen LogP contribution in [0.15, 0.2) is 0 Å². The molecule has 0 aromatic rings. The Kier molecular flexibility index (Phi) is 6.34. The Morgan fingerprint density at radius 3 is 2.50 bits per heavy atom. The zero-order chi connectivity index (χ0) is 13.6. The predicted molar refractivity (Wildman–Crippen MR) is 75.7 cm³/mol. The molecule has 0 saturated heterocycles. The number of hydrogen-bond donors (Lipinski definition) is 0. The molecule has 18 heavy (non-hydrogen) atoms. The first kappa shape index (κ1) is 15.7. The summed E-state index contributed by atoms with van der Waals surface area (Å²) < 4.78 is 5.94. The first-order valence-corrected chi connectivity index (χ1v) is 7.75. The minimum Gasteiger partial charge on any atom is -0.367 e. The maximum absolute atomic E-state index is 12.7. The van der Waals surface area contributed by atoms with Crippen LogP contribution >= 0.6 is 0 Å². The van der Waals surface area contributed by atoms with Crippen molar-refractivity contribution in [2.24, 2.45) is 11.8 Å². The van der Waals surface area contributed by atoms with Gasteiger partial charge in [-0.25, -0.2) is 0 Å². The highest BCUT2D eigenvalue weighted by molar-refractivity contribution is 5.87. The molecular formula is C16H30O2. The van der Waals surface area contributed by atoms with Crippen LogP contribution in [0.2, 0.25) is 0 Å². The van der Waals surface area contributed by atoms with Gasteiger partial charge in [-0.05, 0) is 38.0 Å². The minimum absolute atomic E-state index is 0.365. The highest BCUT2D eigenvalue weighted by atomic mass is 16.5. The Labute approximate surface area is 112 Å². The third kappa shape index (κ3) is 3.81. The summed E-state index contributed by atoms with van der Waals surface area (Å²) in [5.41, 5.74) is -0.449. The molecule has 1 aliphatic carbocycles. The van der Waals surface area contributed by atoms with Crippen LogP contribution < -0.4 is 0 Å². The maximum Gasteiger partial charge on any atom is 0.164 e. The van der Waals surface area contributed by atoms with E-state index >= 15 is 0 Å². The first-order chi connectivity index (χ1) is 8.57. The Hall–Kier alpha value is -0.370. The Morgan fingerprint density at radius 2 is 2.00 bits per heavy atom. The van der Waals surface area contributed by atoms with Gasteiger partial charge in [0.15, 0.2) is 5.78 Å². The van der Waals surface area contributed by atoms with Gasteiger partial charge in [0.2, 0.25) is 0 Å². The SMILES string of the molecule is CCOC1(C(=O)CC(CC)CC)CCCC(C)C1. The number of ether oxygens (including phenoxy) is 1. The fourth-order valence-electron chi connectivity index (χ4n) is 3.27. The molecule has 106 valence electrons. The van der Waals surface area contributed by atoms with Crippen molar-refractivity contribution in [3.63, 3.8) is 0 Å². The highest BCUT2D eigenvalue weighted by Crippen LogP contribution is 2.37. The molecule has 1 aliphatic rings. The average Bonchev–Trinajstić information content (AvgIpc) is 2.36. The molecule has 1 fully saturated rings. The summed E-state index contributed by atoms with van der Waals surface area (Å²) >= 11 is 0. The number of Topliss-reactive ketones (excluding diaryl/α,β-unsaturated/α-hetero) is 1. The molecule has 0 radical (unpaired) electrons. The van der Waals surface area contributed by atoms with Gasteiger partial charge in [0.25, 0.3) is 0 Å². The fourth-order valence-corrected chi connectivity index (χ4v) is 3.27. The lowest BCUT2D eigenvalue weighted by Gasteiger charge is -2.39. The van der Waals surface area contributed by atoms with E-state index in [0.29, 0.717) is 30.6 Å². The molecule has 1 rings (SSSR count). The van der Waals surface area contributed by atoms with Crippen molar-refractivity contribution in [3.05, 3.63) is 0 Å². The average molecular weight is 254 g/mol. The van der Waals surface area contributed by atoms with Crippen LogP contribution in [0, 0.1) is 11.8 Å². The Morgan fingerprint density at radius 1 is 1.33 bits per heavy atom. The molecule has 2 unspecified atom stereocenters. The van der Waals surface area contributed by atoms with Gasteiger partial charge in [-0.3, -0.25) is 4.79 Å². The summed E-state index contributed by atoms with van der Waals surface area (Å²) in [7, 11) is 0. The largest absolute Gasteiger partial charge is 0.367 e. The van der Waals surface area contributed by atoms with Crippen molar-refractivity contribution < 1.29 is 9.53 Å². The molecule has 0 spiro atoms. The zero-order valence-corrected chi connectivity index (χ0v) is 12.6. The molecule has 0 heterocycles. The van der Waals surface area contributed by atoms with Crippen LogP contribution in [0.1, 0.15) is 72.6 Å². The summed E-state index contributed by atoms with van der Waals surface area (Å²) in [4.78, 5) is 12.7. The number of carbonyl (C=O) groups is 1. The normalized spacial score (nSPS) is 28.6. The molecule has 2 nitrogen and oxygen atoms in total. The van der Waals surface area contributed by atoms with E-state index in [4.69, 9.17) is 4.74 Å². The van der Waals surface area contributed by atoms with E-state index in [2.05, 4.69) is 20.8 Å². The lowest BCUT2D eigenvalue weighted by atomic mass is 9.74. The van der Waals surface area contributed by atoms with E-state index < -0.39 is 5.60 Å². The van der Waals surface area contributed by atoms with Crippen LogP contribution in [0.25, 0.3) is 0 Å². The number of carbonyl (C=O) groups excluding carboxylic acids is 1. The zero-order valence-electron chi connectivity index (χ0n) is 12.6. The lowest BCUT2D eigenvalue weighted by molar-refractivity contribution is -0.152. The lowest BCUT2D eigenvalue weighted by Crippen LogP contribution is -2.46. The topological polar surface area (TPSA) is 26.3 Å². The van der Waals surface area contributed by atoms with Gasteiger partial charge >= 0.3 is 0 Å². The van der Waals surface area contributed by atoms with Gasteiger partial charge < -0.3 is 4.74 Å². The Balaban J connectivity index is 2.73. The molecule has 0 aromatic heterocycles. The van der Waals surface area contributed by atoms with Gasteiger partial charge in [0.05, 0.1) is 0 Å². The molecule has 0 amide bonds. The predicted octanol–water partition coefficient (Wildman–Crippen LogP) is 4.37. The van der Waals surface area contributed by atoms with Crippen molar-refractivity contribution in [1.82, 2.24) is 0 Å². The molecule has 2 atom stereocenters. The second-order valence-electron chi connectivity index (χ2n) is 5.94. The van der Waals surface area contributed by atoms with E-state index in [1.165, 1.54) is 6.42 Å². The van der Waals surface area contributed by atoms with E-state index in [0.717, 1.165) is 32.1 Å². The second kappa shape index (κ2) is 7.28.